The summed E-state index contributed by atoms with van der Waals surface area (Å²) in [5.74, 6) is 0. The second kappa shape index (κ2) is 6.22. The van der Waals surface area contributed by atoms with E-state index < -0.39 is 0 Å². The lowest BCUT2D eigenvalue weighted by molar-refractivity contribution is 0.543. The number of aryl methyl sites for hydroxylation is 2. The van der Waals surface area contributed by atoms with Crippen LogP contribution < -0.4 is 5.32 Å². The fourth-order valence-electron chi connectivity index (χ4n) is 2.20. The van der Waals surface area contributed by atoms with E-state index in [1.165, 1.54) is 11.1 Å². The first-order valence-corrected chi connectivity index (χ1v) is 6.92. The highest BCUT2D eigenvalue weighted by atomic mass is 35.5. The predicted molar refractivity (Wildman–Crippen MR) is 79.5 cm³/mol. The molecule has 19 heavy (non-hydrogen) atoms. The summed E-state index contributed by atoms with van der Waals surface area (Å²) < 4.78 is 0. The molecule has 0 spiro atoms. The Bertz CT molecular complexity index is 529. The maximum absolute atomic E-state index is 6.00. The van der Waals surface area contributed by atoms with E-state index in [0.29, 0.717) is 6.04 Å². The van der Waals surface area contributed by atoms with E-state index in [4.69, 9.17) is 11.6 Å². The third-order valence-electron chi connectivity index (χ3n) is 3.34. The second-order valence-electron chi connectivity index (χ2n) is 5.03. The van der Waals surface area contributed by atoms with E-state index >= 15 is 0 Å². The zero-order chi connectivity index (χ0) is 13.8. The predicted octanol–water partition coefficient (Wildman–Crippen LogP) is 3.40. The van der Waals surface area contributed by atoms with Gasteiger partial charge in [0, 0.05) is 28.9 Å². The van der Waals surface area contributed by atoms with Gasteiger partial charge in [-0.1, -0.05) is 23.7 Å². The smallest absolute Gasteiger partial charge is 0.0638 e. The molecule has 3 nitrogen and oxygen atoms in total. The highest BCUT2D eigenvalue weighted by Gasteiger charge is 2.08. The highest BCUT2D eigenvalue weighted by Crippen LogP contribution is 2.13. The third-order valence-corrected chi connectivity index (χ3v) is 3.57. The fraction of sp³-hybridized carbons (Fsp3) is 0.400. The summed E-state index contributed by atoms with van der Waals surface area (Å²) in [6, 6.07) is 8.43. The summed E-state index contributed by atoms with van der Waals surface area (Å²) in [6.07, 6.45) is 0.969. The number of nitrogens with zero attached hydrogens (tertiary/aromatic N) is 1. The van der Waals surface area contributed by atoms with Crippen molar-refractivity contribution in [3.05, 3.63) is 51.8 Å². The molecular formula is C15H20ClN3. The summed E-state index contributed by atoms with van der Waals surface area (Å²) in [4.78, 5) is 0. The average molecular weight is 278 g/mol. The van der Waals surface area contributed by atoms with E-state index in [2.05, 4.69) is 35.4 Å². The molecule has 2 rings (SSSR count). The molecule has 0 saturated heterocycles. The third kappa shape index (κ3) is 3.82. The van der Waals surface area contributed by atoms with Crippen LogP contribution in [-0.4, -0.2) is 16.2 Å². The standard InChI is InChI=1S/C15H20ClN3/c1-10(7-13-5-4-6-14(16)8-13)17-9-15-11(2)18-19-12(15)3/h4-6,8,10,17H,7,9H2,1-3H3,(H,18,19). The minimum absolute atomic E-state index is 0.396. The molecule has 1 unspecified atom stereocenters. The zero-order valence-corrected chi connectivity index (χ0v) is 12.4. The van der Waals surface area contributed by atoms with E-state index in [-0.39, 0.29) is 0 Å². The quantitative estimate of drug-likeness (QED) is 0.879. The van der Waals surface area contributed by atoms with Crippen molar-refractivity contribution in [2.45, 2.75) is 39.8 Å². The van der Waals surface area contributed by atoms with Crippen LogP contribution >= 0.6 is 11.6 Å². The lowest BCUT2D eigenvalue weighted by Crippen LogP contribution is -2.27. The number of aromatic nitrogens is 2. The van der Waals surface area contributed by atoms with Gasteiger partial charge in [-0.05, 0) is 44.9 Å². The molecule has 0 aliphatic rings. The van der Waals surface area contributed by atoms with E-state index in [0.717, 1.165) is 29.4 Å². The molecule has 1 atom stereocenters. The normalized spacial score (nSPS) is 12.6. The van der Waals surface area contributed by atoms with Crippen LogP contribution in [0.15, 0.2) is 24.3 Å². The molecule has 0 bridgehead atoms. The molecule has 2 N–H and O–H groups in total. The number of nitrogens with one attached hydrogen (secondary N) is 2. The average Bonchev–Trinajstić information content (AvgIpc) is 2.67. The first-order chi connectivity index (χ1) is 9.06. The highest BCUT2D eigenvalue weighted by molar-refractivity contribution is 6.30. The zero-order valence-electron chi connectivity index (χ0n) is 11.6. The number of hydrogen-bond acceptors (Lipinski definition) is 2. The summed E-state index contributed by atoms with van der Waals surface area (Å²) in [6.45, 7) is 7.11. The Balaban J connectivity index is 1.90. The van der Waals surface area contributed by atoms with Crippen molar-refractivity contribution < 1.29 is 0 Å². The van der Waals surface area contributed by atoms with Gasteiger partial charge < -0.3 is 5.32 Å². The molecule has 4 heteroatoms. The minimum atomic E-state index is 0.396. The first-order valence-electron chi connectivity index (χ1n) is 6.54. The molecule has 102 valence electrons. The van der Waals surface area contributed by atoms with Crippen molar-refractivity contribution in [2.75, 3.05) is 0 Å². The van der Waals surface area contributed by atoms with Crippen LogP contribution in [0.1, 0.15) is 29.4 Å². The molecule has 0 fully saturated rings. The van der Waals surface area contributed by atoms with Crippen molar-refractivity contribution in [1.29, 1.82) is 0 Å². The Hall–Kier alpha value is -1.32. The number of halogens is 1. The van der Waals surface area contributed by atoms with Crippen LogP contribution in [-0.2, 0) is 13.0 Å². The van der Waals surface area contributed by atoms with Gasteiger partial charge in [0.25, 0.3) is 0 Å². The SMILES string of the molecule is Cc1n[nH]c(C)c1CNC(C)Cc1cccc(Cl)c1. The van der Waals surface area contributed by atoms with Gasteiger partial charge in [0.05, 0.1) is 5.69 Å². The van der Waals surface area contributed by atoms with Gasteiger partial charge in [-0.25, -0.2) is 0 Å². The van der Waals surface area contributed by atoms with E-state index in [9.17, 15) is 0 Å². The van der Waals surface area contributed by atoms with Gasteiger partial charge in [-0.3, -0.25) is 5.10 Å². The fourth-order valence-corrected chi connectivity index (χ4v) is 2.41. The van der Waals surface area contributed by atoms with Crippen molar-refractivity contribution in [2.24, 2.45) is 0 Å². The Morgan fingerprint density at radius 3 is 2.79 bits per heavy atom. The lowest BCUT2D eigenvalue weighted by atomic mass is 10.1. The van der Waals surface area contributed by atoms with E-state index in [1.54, 1.807) is 0 Å². The number of aromatic amines is 1. The summed E-state index contributed by atoms with van der Waals surface area (Å²) in [7, 11) is 0. The van der Waals surface area contributed by atoms with E-state index in [1.807, 2.05) is 25.1 Å². The monoisotopic (exact) mass is 277 g/mol. The van der Waals surface area contributed by atoms with Crippen molar-refractivity contribution in [3.8, 4) is 0 Å². The minimum Gasteiger partial charge on any atom is -0.310 e. The van der Waals surface area contributed by atoms with Crippen LogP contribution in [0.3, 0.4) is 0 Å². The van der Waals surface area contributed by atoms with Gasteiger partial charge in [0.15, 0.2) is 0 Å². The van der Waals surface area contributed by atoms with Gasteiger partial charge >= 0.3 is 0 Å². The second-order valence-corrected chi connectivity index (χ2v) is 5.46. The summed E-state index contributed by atoms with van der Waals surface area (Å²) in [5, 5.41) is 11.5. The van der Waals surface area contributed by atoms with Gasteiger partial charge in [0.2, 0.25) is 0 Å². The maximum atomic E-state index is 6.00. The molecule has 1 aromatic carbocycles. The molecule has 0 amide bonds. The van der Waals surface area contributed by atoms with Gasteiger partial charge in [0.1, 0.15) is 0 Å². The molecule has 0 radical (unpaired) electrons. The molecule has 1 heterocycles. The molecular weight excluding hydrogens is 258 g/mol. The van der Waals surface area contributed by atoms with Crippen molar-refractivity contribution in [3.63, 3.8) is 0 Å². The number of benzene rings is 1. The molecule has 2 aromatic rings. The topological polar surface area (TPSA) is 40.7 Å². The Morgan fingerprint density at radius 2 is 2.16 bits per heavy atom. The van der Waals surface area contributed by atoms with Crippen LogP contribution in [0.2, 0.25) is 5.02 Å². The maximum Gasteiger partial charge on any atom is 0.0638 e. The van der Waals surface area contributed by atoms with Crippen LogP contribution in [0.4, 0.5) is 0 Å². The Kier molecular flexibility index (Phi) is 4.61. The molecule has 0 saturated carbocycles. The number of H-pyrrole nitrogens is 1. The van der Waals surface area contributed by atoms with Crippen LogP contribution in [0, 0.1) is 13.8 Å². The van der Waals surface area contributed by atoms with Crippen LogP contribution in [0.25, 0.3) is 0 Å². The molecule has 1 aromatic heterocycles. The van der Waals surface area contributed by atoms with Gasteiger partial charge in [-0.15, -0.1) is 0 Å². The first kappa shape index (κ1) is 14.1. The number of hydrogen-bond donors (Lipinski definition) is 2. The summed E-state index contributed by atoms with van der Waals surface area (Å²) in [5.41, 5.74) is 4.73. The Morgan fingerprint density at radius 1 is 1.37 bits per heavy atom. The molecule has 0 aliphatic carbocycles. The summed E-state index contributed by atoms with van der Waals surface area (Å²) >= 11 is 6.00. The van der Waals surface area contributed by atoms with Crippen molar-refractivity contribution in [1.82, 2.24) is 15.5 Å². The Labute approximate surface area is 119 Å². The van der Waals surface area contributed by atoms with Crippen LogP contribution in [0.5, 0.6) is 0 Å². The number of rotatable bonds is 5. The van der Waals surface area contributed by atoms with Gasteiger partial charge in [-0.2, -0.15) is 5.10 Å². The molecule has 0 aliphatic heterocycles. The lowest BCUT2D eigenvalue weighted by Gasteiger charge is -2.14. The van der Waals surface area contributed by atoms with Crippen molar-refractivity contribution >= 4 is 11.6 Å². The largest absolute Gasteiger partial charge is 0.310 e.